The van der Waals surface area contributed by atoms with Crippen molar-refractivity contribution in [3.05, 3.63) is 53.7 Å². The molecule has 2 aromatic carbocycles. The molecule has 6 nitrogen and oxygen atoms in total. The maximum atomic E-state index is 9.29. The van der Waals surface area contributed by atoms with Gasteiger partial charge in [0, 0.05) is 31.4 Å². The number of aliphatic hydroxyl groups excluding tert-OH is 1. The normalized spacial score (nSPS) is 15.3. The molecule has 6 heteroatoms. The summed E-state index contributed by atoms with van der Waals surface area (Å²) in [6.07, 6.45) is 0. The van der Waals surface area contributed by atoms with Crippen LogP contribution in [0, 0.1) is 6.92 Å². The monoisotopic (exact) mass is 367 g/mol. The van der Waals surface area contributed by atoms with E-state index in [1.54, 1.807) is 0 Å². The molecule has 0 amide bonds. The van der Waals surface area contributed by atoms with Crippen LogP contribution in [-0.4, -0.2) is 59.2 Å². The quantitative estimate of drug-likeness (QED) is 0.726. The van der Waals surface area contributed by atoms with E-state index in [1.807, 2.05) is 41.9 Å². The zero-order valence-electron chi connectivity index (χ0n) is 15.6. The Kier molecular flexibility index (Phi) is 5.38. The summed E-state index contributed by atoms with van der Waals surface area (Å²) in [5, 5.41) is 16.1. The van der Waals surface area contributed by atoms with Crippen LogP contribution in [0.1, 0.15) is 11.3 Å². The first kappa shape index (κ1) is 18.0. The van der Waals surface area contributed by atoms with Crippen LogP contribution in [0.25, 0.3) is 16.5 Å². The topological polar surface area (TPSA) is 59.8 Å². The molecule has 0 saturated carbocycles. The van der Waals surface area contributed by atoms with Crippen molar-refractivity contribution in [2.45, 2.75) is 13.5 Å². The van der Waals surface area contributed by atoms with Gasteiger partial charge in [0.05, 0.1) is 25.5 Å². The van der Waals surface area contributed by atoms with E-state index in [0.717, 1.165) is 60.6 Å². The van der Waals surface area contributed by atoms with Gasteiger partial charge in [-0.15, -0.1) is 5.10 Å². The summed E-state index contributed by atoms with van der Waals surface area (Å²) in [5.74, 6) is 0.650. The largest absolute Gasteiger partial charge is 0.475 e. The van der Waals surface area contributed by atoms with E-state index in [1.165, 1.54) is 0 Å². The average molecular weight is 367 g/mol. The summed E-state index contributed by atoms with van der Waals surface area (Å²) in [4.78, 5) is 2.34. The lowest BCUT2D eigenvalue weighted by atomic mass is 10.1. The molecule has 1 fully saturated rings. The van der Waals surface area contributed by atoms with Gasteiger partial charge in [0.25, 0.3) is 0 Å². The first-order valence-electron chi connectivity index (χ1n) is 9.36. The van der Waals surface area contributed by atoms with Gasteiger partial charge in [-0.3, -0.25) is 4.90 Å². The predicted molar refractivity (Wildman–Crippen MR) is 104 cm³/mol. The minimum absolute atomic E-state index is 0.0567. The number of fused-ring (bicyclic) bond motifs is 1. The van der Waals surface area contributed by atoms with Gasteiger partial charge in [-0.2, -0.15) is 0 Å². The summed E-state index contributed by atoms with van der Waals surface area (Å²) >= 11 is 0. The smallest absolute Gasteiger partial charge is 0.233 e. The van der Waals surface area contributed by atoms with Crippen LogP contribution < -0.4 is 4.74 Å². The highest BCUT2D eigenvalue weighted by molar-refractivity contribution is 5.85. The first-order valence-corrected chi connectivity index (χ1v) is 9.36. The SMILES string of the molecule is Cc1cc(OCCN2CCOCC2)nn1-c1ccc2cc(CO)ccc2c1. The van der Waals surface area contributed by atoms with Crippen molar-refractivity contribution >= 4 is 10.8 Å². The third-order valence-electron chi connectivity index (χ3n) is 4.94. The molecule has 2 heterocycles. The van der Waals surface area contributed by atoms with Gasteiger partial charge in [0.2, 0.25) is 5.88 Å². The fraction of sp³-hybridized carbons (Fsp3) is 0.381. The molecule has 27 heavy (non-hydrogen) atoms. The molecular weight excluding hydrogens is 342 g/mol. The van der Waals surface area contributed by atoms with Crippen LogP contribution in [0.3, 0.4) is 0 Å². The second-order valence-electron chi connectivity index (χ2n) is 6.86. The highest BCUT2D eigenvalue weighted by Crippen LogP contribution is 2.22. The second kappa shape index (κ2) is 8.08. The van der Waals surface area contributed by atoms with Crippen molar-refractivity contribution in [3.63, 3.8) is 0 Å². The standard InChI is InChI=1S/C21H25N3O3/c1-16-12-21(27-11-8-23-6-9-26-10-7-23)22-24(16)20-5-4-18-13-17(15-25)2-3-19(18)14-20/h2-5,12-14,25H,6-11,15H2,1H3. The molecule has 1 aliphatic rings. The van der Waals surface area contributed by atoms with Crippen LogP contribution in [0.4, 0.5) is 0 Å². The Labute approximate surface area is 158 Å². The number of benzene rings is 2. The number of aromatic nitrogens is 2. The van der Waals surface area contributed by atoms with E-state index in [9.17, 15) is 5.11 Å². The molecule has 1 aliphatic heterocycles. The maximum absolute atomic E-state index is 9.29. The number of ether oxygens (including phenoxy) is 2. The molecule has 0 spiro atoms. The van der Waals surface area contributed by atoms with Crippen LogP contribution in [0.15, 0.2) is 42.5 Å². The summed E-state index contributed by atoms with van der Waals surface area (Å²) in [7, 11) is 0. The summed E-state index contributed by atoms with van der Waals surface area (Å²) in [6.45, 7) is 7.13. The number of nitrogens with zero attached hydrogens (tertiary/aromatic N) is 3. The predicted octanol–water partition coefficient (Wildman–Crippen LogP) is 2.54. The minimum Gasteiger partial charge on any atom is -0.475 e. The third-order valence-corrected chi connectivity index (χ3v) is 4.94. The Morgan fingerprint density at radius 2 is 1.85 bits per heavy atom. The Morgan fingerprint density at radius 3 is 2.67 bits per heavy atom. The third kappa shape index (κ3) is 4.13. The van der Waals surface area contributed by atoms with Crippen LogP contribution in [-0.2, 0) is 11.3 Å². The fourth-order valence-electron chi connectivity index (χ4n) is 3.39. The van der Waals surface area contributed by atoms with Crippen molar-refractivity contribution in [2.24, 2.45) is 0 Å². The van der Waals surface area contributed by atoms with Gasteiger partial charge < -0.3 is 14.6 Å². The second-order valence-corrected chi connectivity index (χ2v) is 6.86. The fourth-order valence-corrected chi connectivity index (χ4v) is 3.39. The molecule has 0 aliphatic carbocycles. The number of aliphatic hydroxyl groups is 1. The number of hydrogen-bond donors (Lipinski definition) is 1. The van der Waals surface area contributed by atoms with Gasteiger partial charge in [0.1, 0.15) is 6.61 Å². The summed E-state index contributed by atoms with van der Waals surface area (Å²) in [5.41, 5.74) is 2.95. The van der Waals surface area contributed by atoms with E-state index in [-0.39, 0.29) is 6.61 Å². The molecule has 0 atom stereocenters. The van der Waals surface area contributed by atoms with Gasteiger partial charge in [0.15, 0.2) is 0 Å². The molecule has 1 N–H and O–H groups in total. The van der Waals surface area contributed by atoms with Crippen LogP contribution in [0.5, 0.6) is 5.88 Å². The maximum Gasteiger partial charge on any atom is 0.233 e. The lowest BCUT2D eigenvalue weighted by molar-refractivity contribution is 0.0320. The molecular formula is C21H25N3O3. The Balaban J connectivity index is 1.46. The van der Waals surface area contributed by atoms with Crippen LogP contribution in [0.2, 0.25) is 0 Å². The summed E-state index contributed by atoms with van der Waals surface area (Å²) in [6, 6.07) is 14.2. The molecule has 0 bridgehead atoms. The molecule has 0 radical (unpaired) electrons. The molecule has 0 unspecified atom stereocenters. The van der Waals surface area contributed by atoms with Crippen molar-refractivity contribution in [1.29, 1.82) is 0 Å². The van der Waals surface area contributed by atoms with Gasteiger partial charge in [-0.1, -0.05) is 18.2 Å². The number of rotatable bonds is 6. The minimum atomic E-state index is 0.0567. The summed E-state index contributed by atoms with van der Waals surface area (Å²) < 4.78 is 13.1. The molecule has 1 aromatic heterocycles. The first-order chi connectivity index (χ1) is 13.2. The van der Waals surface area contributed by atoms with Crippen molar-refractivity contribution in [3.8, 4) is 11.6 Å². The number of aryl methyl sites for hydroxylation is 1. The molecule has 3 aromatic rings. The lowest BCUT2D eigenvalue weighted by Gasteiger charge is -2.26. The molecule has 142 valence electrons. The van der Waals surface area contributed by atoms with E-state index in [2.05, 4.69) is 22.1 Å². The van der Waals surface area contributed by atoms with E-state index in [0.29, 0.717) is 12.5 Å². The van der Waals surface area contributed by atoms with Gasteiger partial charge in [-0.05, 0) is 41.5 Å². The highest BCUT2D eigenvalue weighted by Gasteiger charge is 2.12. The van der Waals surface area contributed by atoms with E-state index < -0.39 is 0 Å². The molecule has 4 rings (SSSR count). The number of hydrogen-bond acceptors (Lipinski definition) is 5. The zero-order valence-corrected chi connectivity index (χ0v) is 15.6. The Morgan fingerprint density at radius 1 is 1.07 bits per heavy atom. The number of morpholine rings is 1. The van der Waals surface area contributed by atoms with Crippen molar-refractivity contribution in [2.75, 3.05) is 39.5 Å². The lowest BCUT2D eigenvalue weighted by Crippen LogP contribution is -2.38. The van der Waals surface area contributed by atoms with E-state index >= 15 is 0 Å². The Bertz CT molecular complexity index is 916. The average Bonchev–Trinajstić information content (AvgIpc) is 3.08. The van der Waals surface area contributed by atoms with Crippen molar-refractivity contribution < 1.29 is 14.6 Å². The van der Waals surface area contributed by atoms with E-state index in [4.69, 9.17) is 9.47 Å². The van der Waals surface area contributed by atoms with Crippen molar-refractivity contribution in [1.82, 2.24) is 14.7 Å². The molecule has 1 saturated heterocycles. The van der Waals surface area contributed by atoms with Gasteiger partial charge in [-0.25, -0.2) is 4.68 Å². The highest BCUT2D eigenvalue weighted by atomic mass is 16.5. The van der Waals surface area contributed by atoms with Gasteiger partial charge >= 0.3 is 0 Å². The zero-order chi connectivity index (χ0) is 18.6. The Hall–Kier alpha value is -2.41. The van der Waals surface area contributed by atoms with Crippen LogP contribution >= 0.6 is 0 Å².